The molecule has 0 bridgehead atoms. The van der Waals surface area contributed by atoms with Gasteiger partial charge in [0.15, 0.2) is 5.82 Å². The molecule has 1 aromatic carbocycles. The number of carbonyl (C=O) groups excluding carboxylic acids is 1. The van der Waals surface area contributed by atoms with Crippen LogP contribution in [0.25, 0.3) is 0 Å². The number of hydrogen-bond acceptors (Lipinski definition) is 4. The van der Waals surface area contributed by atoms with Crippen molar-refractivity contribution in [1.82, 2.24) is 9.78 Å². The van der Waals surface area contributed by atoms with Crippen molar-refractivity contribution in [3.05, 3.63) is 40.5 Å². The number of hydrogen-bond donors (Lipinski definition) is 2. The molecular weight excluding hydrogens is 316 g/mol. The minimum absolute atomic E-state index is 0.137. The fourth-order valence-electron chi connectivity index (χ4n) is 1.76. The highest BCUT2D eigenvalue weighted by Crippen LogP contribution is 2.23. The molecule has 0 radical (unpaired) electrons. The Morgan fingerprint density at radius 3 is 2.71 bits per heavy atom. The average Bonchev–Trinajstić information content (AvgIpc) is 2.73. The van der Waals surface area contributed by atoms with Gasteiger partial charge in [0.1, 0.15) is 4.90 Å². The van der Waals surface area contributed by atoms with E-state index in [0.29, 0.717) is 5.02 Å². The number of amides is 1. The lowest BCUT2D eigenvalue weighted by molar-refractivity contribution is 0.102. The second-order valence-corrected chi connectivity index (χ2v) is 6.36. The van der Waals surface area contributed by atoms with Gasteiger partial charge in [-0.05, 0) is 18.6 Å². The quantitative estimate of drug-likeness (QED) is 0.884. The summed E-state index contributed by atoms with van der Waals surface area (Å²) in [6.07, 6.45) is 1.21. The van der Waals surface area contributed by atoms with Gasteiger partial charge in [-0.1, -0.05) is 23.7 Å². The third-order valence-electron chi connectivity index (χ3n) is 2.77. The predicted octanol–water partition coefficient (Wildman–Crippen LogP) is 1.28. The molecule has 2 rings (SSSR count). The van der Waals surface area contributed by atoms with Crippen LogP contribution in [0.15, 0.2) is 29.3 Å². The maximum Gasteiger partial charge on any atom is 0.258 e. The van der Waals surface area contributed by atoms with E-state index < -0.39 is 15.9 Å². The molecule has 1 aromatic heterocycles. The predicted molar refractivity (Wildman–Crippen MR) is 78.7 cm³/mol. The van der Waals surface area contributed by atoms with Crippen LogP contribution in [0, 0.1) is 6.92 Å². The van der Waals surface area contributed by atoms with Gasteiger partial charge < -0.3 is 5.32 Å². The molecule has 1 heterocycles. The molecule has 1 amide bonds. The summed E-state index contributed by atoms with van der Waals surface area (Å²) in [7, 11) is -2.47. The summed E-state index contributed by atoms with van der Waals surface area (Å²) in [5.41, 5.74) is 0.958. The summed E-state index contributed by atoms with van der Waals surface area (Å²) in [6.45, 7) is 1.76. The van der Waals surface area contributed by atoms with Crippen LogP contribution in [-0.2, 0) is 17.1 Å². The third-order valence-corrected chi connectivity index (χ3v) is 4.18. The third kappa shape index (κ3) is 3.23. The van der Waals surface area contributed by atoms with Gasteiger partial charge >= 0.3 is 0 Å². The molecular formula is C12H13ClN4O3S. The Morgan fingerprint density at radius 2 is 2.10 bits per heavy atom. The van der Waals surface area contributed by atoms with Crippen LogP contribution in [0.5, 0.6) is 0 Å². The van der Waals surface area contributed by atoms with Crippen LogP contribution < -0.4 is 10.5 Å². The molecule has 0 unspecified atom stereocenters. The fraction of sp³-hybridized carbons (Fsp3) is 0.167. The number of carbonyl (C=O) groups is 1. The number of sulfonamides is 1. The normalized spacial score (nSPS) is 11.4. The molecule has 112 valence electrons. The minimum atomic E-state index is -3.99. The molecule has 0 saturated heterocycles. The Kier molecular flexibility index (Phi) is 4.04. The van der Waals surface area contributed by atoms with Gasteiger partial charge in [0.2, 0.25) is 10.0 Å². The largest absolute Gasteiger partial charge is 0.304 e. The highest BCUT2D eigenvalue weighted by Gasteiger charge is 2.21. The summed E-state index contributed by atoms with van der Waals surface area (Å²) in [5.74, 6) is -0.699. The maximum atomic E-state index is 12.2. The Morgan fingerprint density at radius 1 is 1.43 bits per heavy atom. The summed E-state index contributed by atoms with van der Waals surface area (Å²) in [4.78, 5) is 11.9. The van der Waals surface area contributed by atoms with Gasteiger partial charge in [-0.25, -0.2) is 13.6 Å². The summed E-state index contributed by atoms with van der Waals surface area (Å²) in [6, 6.07) is 4.97. The first-order chi connectivity index (χ1) is 9.70. The molecule has 0 saturated carbocycles. The number of aromatic nitrogens is 2. The van der Waals surface area contributed by atoms with E-state index in [0.717, 1.165) is 5.56 Å². The number of nitrogens with two attached hydrogens (primary N) is 1. The highest BCUT2D eigenvalue weighted by atomic mass is 35.5. The highest BCUT2D eigenvalue weighted by molar-refractivity contribution is 7.89. The van der Waals surface area contributed by atoms with Crippen LogP contribution in [0.1, 0.15) is 15.9 Å². The van der Waals surface area contributed by atoms with Crippen molar-refractivity contribution in [2.75, 3.05) is 5.32 Å². The number of rotatable bonds is 3. The van der Waals surface area contributed by atoms with Crippen molar-refractivity contribution in [2.24, 2.45) is 12.2 Å². The second kappa shape index (κ2) is 5.47. The van der Waals surface area contributed by atoms with Gasteiger partial charge in [0.25, 0.3) is 5.91 Å². The molecule has 0 aliphatic carbocycles. The fourth-order valence-corrected chi connectivity index (χ4v) is 2.63. The number of aryl methyl sites for hydroxylation is 2. The van der Waals surface area contributed by atoms with E-state index >= 15 is 0 Å². The van der Waals surface area contributed by atoms with Crippen LogP contribution in [-0.4, -0.2) is 24.1 Å². The van der Waals surface area contributed by atoms with Crippen molar-refractivity contribution in [3.63, 3.8) is 0 Å². The molecule has 0 aliphatic heterocycles. The van der Waals surface area contributed by atoms with Crippen molar-refractivity contribution in [2.45, 2.75) is 11.8 Å². The van der Waals surface area contributed by atoms with E-state index in [1.165, 1.54) is 24.0 Å². The average molecular weight is 329 g/mol. The maximum absolute atomic E-state index is 12.2. The number of nitrogens with zero attached hydrogens (tertiary/aromatic N) is 2. The van der Waals surface area contributed by atoms with Crippen LogP contribution >= 0.6 is 11.6 Å². The molecule has 0 fully saturated rings. The zero-order chi connectivity index (χ0) is 15.8. The number of primary sulfonamides is 1. The Balaban J connectivity index is 2.39. The number of benzene rings is 1. The van der Waals surface area contributed by atoms with Crippen LogP contribution in [0.4, 0.5) is 5.82 Å². The Bertz CT molecular complexity index is 814. The minimum Gasteiger partial charge on any atom is -0.304 e. The lowest BCUT2D eigenvalue weighted by Crippen LogP contribution is -2.18. The molecule has 0 atom stereocenters. The summed E-state index contributed by atoms with van der Waals surface area (Å²) in [5, 5.41) is 11.7. The van der Waals surface area contributed by atoms with E-state index in [1.807, 2.05) is 0 Å². The monoisotopic (exact) mass is 328 g/mol. The van der Waals surface area contributed by atoms with Gasteiger partial charge in [0.05, 0.1) is 10.6 Å². The van der Waals surface area contributed by atoms with Crippen molar-refractivity contribution in [3.8, 4) is 0 Å². The summed E-state index contributed by atoms with van der Waals surface area (Å²) >= 11 is 6.06. The molecule has 0 aliphatic rings. The Labute approximate surface area is 126 Å². The van der Waals surface area contributed by atoms with Crippen molar-refractivity contribution < 1.29 is 13.2 Å². The zero-order valence-corrected chi connectivity index (χ0v) is 12.9. The number of anilines is 1. The second-order valence-electron chi connectivity index (χ2n) is 4.45. The number of halogens is 1. The number of nitrogens with one attached hydrogen (secondary N) is 1. The van der Waals surface area contributed by atoms with Gasteiger partial charge in [0, 0.05) is 13.2 Å². The van der Waals surface area contributed by atoms with Crippen LogP contribution in [0.3, 0.4) is 0 Å². The van der Waals surface area contributed by atoms with E-state index in [-0.39, 0.29) is 16.3 Å². The van der Waals surface area contributed by atoms with E-state index in [1.54, 1.807) is 19.1 Å². The van der Waals surface area contributed by atoms with E-state index in [9.17, 15) is 13.2 Å². The standard InChI is InChI=1S/C12H13ClN4O3S/c1-7-4-3-5-8(10(7)13)12(18)15-11-9(21(14,19)20)6-17(2)16-11/h3-6H,1-2H3,(H2,14,19,20)(H,15,16,18). The lowest BCUT2D eigenvalue weighted by atomic mass is 10.1. The molecule has 9 heteroatoms. The van der Waals surface area contributed by atoms with Gasteiger partial charge in [-0.15, -0.1) is 0 Å². The summed E-state index contributed by atoms with van der Waals surface area (Å²) < 4.78 is 24.1. The van der Waals surface area contributed by atoms with E-state index in [2.05, 4.69) is 10.4 Å². The van der Waals surface area contributed by atoms with Gasteiger partial charge in [-0.2, -0.15) is 5.10 Å². The molecule has 21 heavy (non-hydrogen) atoms. The molecule has 0 spiro atoms. The molecule has 7 nitrogen and oxygen atoms in total. The first kappa shape index (κ1) is 15.5. The first-order valence-electron chi connectivity index (χ1n) is 5.83. The van der Waals surface area contributed by atoms with Crippen molar-refractivity contribution in [1.29, 1.82) is 0 Å². The lowest BCUT2D eigenvalue weighted by Gasteiger charge is -2.07. The van der Waals surface area contributed by atoms with Gasteiger partial charge in [-0.3, -0.25) is 9.48 Å². The Hall–Kier alpha value is -1.90. The SMILES string of the molecule is Cc1cccc(C(=O)Nc2nn(C)cc2S(N)(=O)=O)c1Cl. The zero-order valence-electron chi connectivity index (χ0n) is 11.3. The molecule has 2 aromatic rings. The van der Waals surface area contributed by atoms with Crippen molar-refractivity contribution >= 4 is 33.3 Å². The van der Waals surface area contributed by atoms with E-state index in [4.69, 9.17) is 16.7 Å². The topological polar surface area (TPSA) is 107 Å². The van der Waals surface area contributed by atoms with Crippen LogP contribution in [0.2, 0.25) is 5.02 Å². The first-order valence-corrected chi connectivity index (χ1v) is 7.75. The smallest absolute Gasteiger partial charge is 0.258 e. The molecule has 3 N–H and O–H groups in total.